The first kappa shape index (κ1) is 21.5. The molecule has 0 saturated carbocycles. The van der Waals surface area contributed by atoms with Crippen molar-refractivity contribution in [1.82, 2.24) is 19.6 Å². The number of piperazine rings is 2. The van der Waals surface area contributed by atoms with Gasteiger partial charge in [-0.05, 0) is 40.8 Å². The van der Waals surface area contributed by atoms with Crippen LogP contribution in [-0.4, -0.2) is 91.0 Å². The SMILES string of the molecule is Cc1cscc1CN1CCN(C(=O)CN2CCN(CCc3ccccc3)CC2)CC1. The minimum Gasteiger partial charge on any atom is -0.339 e. The van der Waals surface area contributed by atoms with E-state index in [1.807, 2.05) is 0 Å². The molecule has 1 aromatic heterocycles. The summed E-state index contributed by atoms with van der Waals surface area (Å²) in [4.78, 5) is 22.2. The molecule has 0 radical (unpaired) electrons. The Balaban J connectivity index is 1.14. The maximum absolute atomic E-state index is 12.8. The Kier molecular flexibility index (Phi) is 7.55. The smallest absolute Gasteiger partial charge is 0.236 e. The van der Waals surface area contributed by atoms with Gasteiger partial charge < -0.3 is 9.80 Å². The fraction of sp³-hybridized carbons (Fsp3) is 0.542. The number of carbonyl (C=O) groups excluding carboxylic acids is 1. The van der Waals surface area contributed by atoms with Crippen molar-refractivity contribution < 1.29 is 4.79 Å². The van der Waals surface area contributed by atoms with Gasteiger partial charge >= 0.3 is 0 Å². The summed E-state index contributed by atoms with van der Waals surface area (Å²) in [5, 5.41) is 4.48. The Hall–Kier alpha value is -1.73. The second kappa shape index (κ2) is 10.5. The number of benzene rings is 1. The molecule has 0 aliphatic carbocycles. The van der Waals surface area contributed by atoms with E-state index in [-0.39, 0.29) is 0 Å². The molecule has 0 atom stereocenters. The molecule has 5 nitrogen and oxygen atoms in total. The number of hydrogen-bond acceptors (Lipinski definition) is 5. The molecule has 2 fully saturated rings. The van der Waals surface area contributed by atoms with Gasteiger partial charge in [0.25, 0.3) is 0 Å². The van der Waals surface area contributed by atoms with Crippen LogP contribution in [0.15, 0.2) is 41.1 Å². The fourth-order valence-electron chi connectivity index (χ4n) is 4.34. The highest BCUT2D eigenvalue weighted by Gasteiger charge is 2.25. The Morgan fingerprint density at radius 2 is 1.53 bits per heavy atom. The first-order valence-corrected chi connectivity index (χ1v) is 12.1. The standard InChI is InChI=1S/C24H34N4OS/c1-21-19-30-20-23(21)17-26-13-15-28(16-14-26)24(29)18-27-11-9-25(10-12-27)8-7-22-5-3-2-4-6-22/h2-6,19-20H,7-18H2,1H3. The molecule has 30 heavy (non-hydrogen) atoms. The normalized spacial score (nSPS) is 19.3. The molecule has 2 aliphatic heterocycles. The van der Waals surface area contributed by atoms with Crippen molar-refractivity contribution in [2.24, 2.45) is 0 Å². The van der Waals surface area contributed by atoms with Crippen LogP contribution in [0.4, 0.5) is 0 Å². The van der Waals surface area contributed by atoms with Crippen molar-refractivity contribution in [2.75, 3.05) is 65.4 Å². The molecule has 0 bridgehead atoms. The molecule has 162 valence electrons. The van der Waals surface area contributed by atoms with Crippen LogP contribution in [0, 0.1) is 6.92 Å². The maximum Gasteiger partial charge on any atom is 0.236 e. The predicted octanol–water partition coefficient (Wildman–Crippen LogP) is 2.56. The molecule has 0 N–H and O–H groups in total. The van der Waals surface area contributed by atoms with E-state index in [2.05, 4.69) is 67.6 Å². The molecule has 4 rings (SSSR count). The number of thiophene rings is 1. The molecule has 2 aliphatic rings. The zero-order valence-electron chi connectivity index (χ0n) is 18.1. The van der Waals surface area contributed by atoms with Gasteiger partial charge in [0.1, 0.15) is 0 Å². The molecule has 3 heterocycles. The summed E-state index contributed by atoms with van der Waals surface area (Å²) in [6.45, 7) is 12.7. The second-order valence-corrected chi connectivity index (χ2v) is 9.33. The quantitative estimate of drug-likeness (QED) is 0.681. The second-order valence-electron chi connectivity index (χ2n) is 8.59. The van der Waals surface area contributed by atoms with Crippen LogP contribution < -0.4 is 0 Å². The maximum atomic E-state index is 12.8. The van der Waals surface area contributed by atoms with E-state index in [9.17, 15) is 4.79 Å². The summed E-state index contributed by atoms with van der Waals surface area (Å²) in [6.07, 6.45) is 1.11. The van der Waals surface area contributed by atoms with Crippen LogP contribution in [0.5, 0.6) is 0 Å². The van der Waals surface area contributed by atoms with Gasteiger partial charge in [-0.3, -0.25) is 14.6 Å². The summed E-state index contributed by atoms with van der Waals surface area (Å²) in [5.41, 5.74) is 4.23. The van der Waals surface area contributed by atoms with Crippen molar-refractivity contribution >= 4 is 17.2 Å². The van der Waals surface area contributed by atoms with Crippen LogP contribution >= 0.6 is 11.3 Å². The highest BCUT2D eigenvalue weighted by atomic mass is 32.1. The van der Waals surface area contributed by atoms with Crippen molar-refractivity contribution in [3.8, 4) is 0 Å². The first-order chi connectivity index (χ1) is 14.7. The summed E-state index contributed by atoms with van der Waals surface area (Å²) in [5.74, 6) is 0.305. The van der Waals surface area contributed by atoms with Gasteiger partial charge in [-0.1, -0.05) is 30.3 Å². The third kappa shape index (κ3) is 5.91. The first-order valence-electron chi connectivity index (χ1n) is 11.2. The molecular formula is C24H34N4OS. The topological polar surface area (TPSA) is 30.0 Å². The number of hydrogen-bond donors (Lipinski definition) is 0. The van der Waals surface area contributed by atoms with Gasteiger partial charge in [-0.2, -0.15) is 11.3 Å². The van der Waals surface area contributed by atoms with E-state index in [1.54, 1.807) is 11.3 Å². The summed E-state index contributed by atoms with van der Waals surface area (Å²) < 4.78 is 0. The monoisotopic (exact) mass is 426 g/mol. The van der Waals surface area contributed by atoms with Crippen LogP contribution in [-0.2, 0) is 17.8 Å². The molecular weight excluding hydrogens is 392 g/mol. The third-order valence-corrected chi connectivity index (χ3v) is 7.37. The Morgan fingerprint density at radius 1 is 0.867 bits per heavy atom. The van der Waals surface area contributed by atoms with Gasteiger partial charge in [-0.15, -0.1) is 0 Å². The van der Waals surface area contributed by atoms with Crippen LogP contribution in [0.1, 0.15) is 16.7 Å². The highest BCUT2D eigenvalue weighted by Crippen LogP contribution is 2.17. The van der Waals surface area contributed by atoms with E-state index < -0.39 is 0 Å². The Morgan fingerprint density at radius 3 is 2.20 bits per heavy atom. The van der Waals surface area contributed by atoms with Crippen molar-refractivity contribution in [2.45, 2.75) is 19.9 Å². The zero-order valence-corrected chi connectivity index (χ0v) is 18.9. The Labute approximate surface area is 184 Å². The van der Waals surface area contributed by atoms with Crippen molar-refractivity contribution in [1.29, 1.82) is 0 Å². The molecule has 0 unspecified atom stereocenters. The van der Waals surface area contributed by atoms with E-state index >= 15 is 0 Å². The van der Waals surface area contributed by atoms with Crippen LogP contribution in [0.2, 0.25) is 0 Å². The van der Waals surface area contributed by atoms with Crippen LogP contribution in [0.25, 0.3) is 0 Å². The molecule has 6 heteroatoms. The lowest BCUT2D eigenvalue weighted by atomic mass is 10.1. The largest absolute Gasteiger partial charge is 0.339 e. The van der Waals surface area contributed by atoms with Crippen LogP contribution in [0.3, 0.4) is 0 Å². The third-order valence-electron chi connectivity index (χ3n) is 6.46. The number of rotatable bonds is 7. The summed E-state index contributed by atoms with van der Waals surface area (Å²) in [7, 11) is 0. The van der Waals surface area contributed by atoms with E-state index in [1.165, 1.54) is 16.7 Å². The number of carbonyl (C=O) groups is 1. The zero-order chi connectivity index (χ0) is 20.8. The number of aryl methyl sites for hydroxylation is 1. The lowest BCUT2D eigenvalue weighted by Gasteiger charge is -2.38. The number of nitrogens with zero attached hydrogens (tertiary/aromatic N) is 4. The van der Waals surface area contributed by atoms with E-state index in [0.29, 0.717) is 12.5 Å². The molecule has 2 saturated heterocycles. The predicted molar refractivity (Wildman–Crippen MR) is 124 cm³/mol. The average Bonchev–Trinajstić information content (AvgIpc) is 3.19. The molecule has 0 spiro atoms. The Bertz CT molecular complexity index is 793. The van der Waals surface area contributed by atoms with Gasteiger partial charge in [0, 0.05) is 65.4 Å². The van der Waals surface area contributed by atoms with Crippen molar-refractivity contribution in [3.63, 3.8) is 0 Å². The minimum atomic E-state index is 0.305. The molecule has 1 aromatic carbocycles. The average molecular weight is 427 g/mol. The van der Waals surface area contributed by atoms with Gasteiger partial charge in [-0.25, -0.2) is 0 Å². The van der Waals surface area contributed by atoms with E-state index in [0.717, 1.165) is 71.9 Å². The highest BCUT2D eigenvalue weighted by molar-refractivity contribution is 7.08. The van der Waals surface area contributed by atoms with Gasteiger partial charge in [0.15, 0.2) is 0 Å². The van der Waals surface area contributed by atoms with Gasteiger partial charge in [0.05, 0.1) is 6.54 Å². The summed E-state index contributed by atoms with van der Waals surface area (Å²) >= 11 is 1.78. The number of amides is 1. The lowest BCUT2D eigenvalue weighted by Crippen LogP contribution is -2.53. The molecule has 2 aromatic rings. The fourth-order valence-corrected chi connectivity index (χ4v) is 5.19. The van der Waals surface area contributed by atoms with Crippen molar-refractivity contribution in [3.05, 3.63) is 57.8 Å². The van der Waals surface area contributed by atoms with Gasteiger partial charge in [0.2, 0.25) is 5.91 Å². The molecule has 1 amide bonds. The van der Waals surface area contributed by atoms with E-state index in [4.69, 9.17) is 0 Å². The summed E-state index contributed by atoms with van der Waals surface area (Å²) in [6, 6.07) is 10.7. The minimum absolute atomic E-state index is 0.305. The lowest BCUT2D eigenvalue weighted by molar-refractivity contribution is -0.134.